The first-order valence-corrected chi connectivity index (χ1v) is 6.65. The number of nitrogens with zero attached hydrogens (tertiary/aromatic N) is 1. The van der Waals surface area contributed by atoms with E-state index in [1.54, 1.807) is 19.1 Å². The van der Waals surface area contributed by atoms with Crippen molar-refractivity contribution in [2.45, 2.75) is 25.1 Å². The quantitative estimate of drug-likeness (QED) is 0.911. The smallest absolute Gasteiger partial charge is 0.239 e. The van der Waals surface area contributed by atoms with Crippen molar-refractivity contribution in [3.63, 3.8) is 0 Å². The Balaban J connectivity index is 1.89. The minimum absolute atomic E-state index is 0.0714. The van der Waals surface area contributed by atoms with Gasteiger partial charge >= 0.3 is 0 Å². The average Bonchev–Trinajstić information content (AvgIpc) is 2.97. The van der Waals surface area contributed by atoms with Crippen molar-refractivity contribution in [3.05, 3.63) is 22.6 Å². The topological polar surface area (TPSA) is 54.7 Å². The van der Waals surface area contributed by atoms with Crippen LogP contribution in [-0.2, 0) is 16.1 Å². The highest BCUT2D eigenvalue weighted by Gasteiger charge is 2.31. The maximum Gasteiger partial charge on any atom is 0.239 e. The van der Waals surface area contributed by atoms with Gasteiger partial charge < -0.3 is 19.4 Å². The predicted octanol–water partition coefficient (Wildman–Crippen LogP) is 1.38. The first-order valence-electron chi connectivity index (χ1n) is 5.85. The van der Waals surface area contributed by atoms with Gasteiger partial charge in [-0.15, -0.1) is 0 Å². The van der Waals surface area contributed by atoms with Gasteiger partial charge in [0.1, 0.15) is 5.76 Å². The molecule has 2 unspecified atom stereocenters. The Labute approximate surface area is 115 Å². The number of ether oxygens (including phenoxy) is 1. The molecule has 1 fully saturated rings. The summed E-state index contributed by atoms with van der Waals surface area (Å²) in [5.74, 6) is 0.834. The largest absolute Gasteiger partial charge is 0.452 e. The van der Waals surface area contributed by atoms with Crippen molar-refractivity contribution < 1.29 is 13.9 Å². The standard InChI is InChI=1S/C12H17BrN2O3/c1-15(7-8-3-4-11(13)18-8)12(16)10-5-9(17-2)6-14-10/h3-4,9-10,14H,5-7H2,1-2H3. The molecule has 1 aliphatic heterocycles. The van der Waals surface area contributed by atoms with Crippen molar-refractivity contribution in [3.8, 4) is 0 Å². The Morgan fingerprint density at radius 1 is 1.67 bits per heavy atom. The van der Waals surface area contributed by atoms with Crippen LogP contribution in [0.1, 0.15) is 12.2 Å². The number of methoxy groups -OCH3 is 1. The lowest BCUT2D eigenvalue weighted by molar-refractivity contribution is -0.132. The van der Waals surface area contributed by atoms with Gasteiger partial charge in [0, 0.05) is 20.7 Å². The minimum Gasteiger partial charge on any atom is -0.452 e. The highest BCUT2D eigenvalue weighted by atomic mass is 79.9. The van der Waals surface area contributed by atoms with Crippen LogP contribution in [0, 0.1) is 0 Å². The second kappa shape index (κ2) is 5.86. The van der Waals surface area contributed by atoms with Gasteiger partial charge in [-0.1, -0.05) is 0 Å². The number of halogens is 1. The fraction of sp³-hybridized carbons (Fsp3) is 0.583. The molecule has 1 N–H and O–H groups in total. The molecule has 6 heteroatoms. The average molecular weight is 317 g/mol. The monoisotopic (exact) mass is 316 g/mol. The van der Waals surface area contributed by atoms with E-state index in [1.165, 1.54) is 0 Å². The van der Waals surface area contributed by atoms with Crippen molar-refractivity contribution >= 4 is 21.8 Å². The number of furan rings is 1. The molecule has 1 saturated heterocycles. The maximum absolute atomic E-state index is 12.2. The molecule has 0 aromatic carbocycles. The van der Waals surface area contributed by atoms with Crippen LogP contribution in [-0.4, -0.2) is 43.7 Å². The third-order valence-corrected chi connectivity index (χ3v) is 3.55. The molecular formula is C12H17BrN2O3. The van der Waals surface area contributed by atoms with E-state index in [1.807, 2.05) is 12.1 Å². The lowest BCUT2D eigenvalue weighted by Gasteiger charge is -2.20. The molecule has 1 aromatic heterocycles. The van der Waals surface area contributed by atoms with Crippen molar-refractivity contribution in [2.24, 2.45) is 0 Å². The summed E-state index contributed by atoms with van der Waals surface area (Å²) in [6.45, 7) is 1.20. The fourth-order valence-corrected chi connectivity index (χ4v) is 2.43. The fourth-order valence-electron chi connectivity index (χ4n) is 2.09. The summed E-state index contributed by atoms with van der Waals surface area (Å²) in [4.78, 5) is 13.8. The van der Waals surface area contributed by atoms with E-state index in [4.69, 9.17) is 9.15 Å². The van der Waals surface area contributed by atoms with Crippen LogP contribution < -0.4 is 5.32 Å². The first-order chi connectivity index (χ1) is 8.60. The number of carbonyl (C=O) groups excluding carboxylic acids is 1. The molecule has 0 saturated carbocycles. The van der Waals surface area contributed by atoms with Crippen LogP contribution in [0.2, 0.25) is 0 Å². The van der Waals surface area contributed by atoms with E-state index in [0.717, 1.165) is 18.7 Å². The summed E-state index contributed by atoms with van der Waals surface area (Å²) in [5, 5.41) is 3.17. The van der Waals surface area contributed by atoms with Crippen LogP contribution in [0.15, 0.2) is 21.2 Å². The number of likely N-dealkylation sites (N-methyl/N-ethyl adjacent to an activating group) is 1. The Morgan fingerprint density at radius 3 is 3.00 bits per heavy atom. The zero-order chi connectivity index (χ0) is 13.1. The van der Waals surface area contributed by atoms with Crippen LogP contribution >= 0.6 is 15.9 Å². The molecule has 5 nitrogen and oxygen atoms in total. The molecule has 2 atom stereocenters. The van der Waals surface area contributed by atoms with Gasteiger partial charge in [0.25, 0.3) is 0 Å². The van der Waals surface area contributed by atoms with E-state index in [0.29, 0.717) is 11.2 Å². The normalized spacial score (nSPS) is 23.3. The molecular weight excluding hydrogens is 300 g/mol. The van der Waals surface area contributed by atoms with E-state index < -0.39 is 0 Å². The summed E-state index contributed by atoms with van der Waals surface area (Å²) < 4.78 is 11.3. The van der Waals surface area contributed by atoms with Crippen LogP contribution in [0.4, 0.5) is 0 Å². The summed E-state index contributed by atoms with van der Waals surface area (Å²) in [6.07, 6.45) is 0.853. The highest BCUT2D eigenvalue weighted by Crippen LogP contribution is 2.17. The van der Waals surface area contributed by atoms with Gasteiger partial charge in [0.15, 0.2) is 4.67 Å². The Hall–Kier alpha value is -0.850. The first kappa shape index (κ1) is 13.6. The molecule has 0 spiro atoms. The SMILES string of the molecule is COC1CNC(C(=O)N(C)Cc2ccc(Br)o2)C1. The zero-order valence-corrected chi connectivity index (χ0v) is 12.1. The zero-order valence-electron chi connectivity index (χ0n) is 10.5. The van der Waals surface area contributed by atoms with E-state index in [-0.39, 0.29) is 18.1 Å². The summed E-state index contributed by atoms with van der Waals surface area (Å²) >= 11 is 3.24. The molecule has 0 bridgehead atoms. The third kappa shape index (κ3) is 3.13. The molecule has 1 aromatic rings. The number of nitrogens with one attached hydrogen (secondary N) is 1. The maximum atomic E-state index is 12.2. The van der Waals surface area contributed by atoms with E-state index in [2.05, 4.69) is 21.2 Å². The third-order valence-electron chi connectivity index (χ3n) is 3.12. The van der Waals surface area contributed by atoms with E-state index >= 15 is 0 Å². The predicted molar refractivity (Wildman–Crippen MR) is 70.1 cm³/mol. The molecule has 2 heterocycles. The number of hydrogen-bond acceptors (Lipinski definition) is 4. The number of carbonyl (C=O) groups is 1. The van der Waals surface area contributed by atoms with Gasteiger partial charge in [-0.2, -0.15) is 0 Å². The van der Waals surface area contributed by atoms with Crippen LogP contribution in [0.5, 0.6) is 0 Å². The molecule has 0 aliphatic carbocycles. The van der Waals surface area contributed by atoms with Gasteiger partial charge in [0.05, 0.1) is 18.7 Å². The van der Waals surface area contributed by atoms with Crippen molar-refractivity contribution in [2.75, 3.05) is 20.7 Å². The molecule has 0 radical (unpaired) electrons. The second-order valence-corrected chi connectivity index (χ2v) is 5.24. The van der Waals surface area contributed by atoms with Gasteiger partial charge in [-0.25, -0.2) is 0 Å². The molecule has 2 rings (SSSR count). The lowest BCUT2D eigenvalue weighted by atomic mass is 10.2. The molecule has 18 heavy (non-hydrogen) atoms. The molecule has 1 aliphatic rings. The van der Waals surface area contributed by atoms with Gasteiger partial charge in [-0.05, 0) is 34.5 Å². The van der Waals surface area contributed by atoms with Gasteiger partial charge in [0.2, 0.25) is 5.91 Å². The number of hydrogen-bond donors (Lipinski definition) is 1. The second-order valence-electron chi connectivity index (χ2n) is 4.45. The van der Waals surface area contributed by atoms with Crippen LogP contribution in [0.3, 0.4) is 0 Å². The van der Waals surface area contributed by atoms with Gasteiger partial charge in [-0.3, -0.25) is 4.79 Å². The summed E-state index contributed by atoms with van der Waals surface area (Å²) in [6, 6.07) is 3.52. The summed E-state index contributed by atoms with van der Waals surface area (Å²) in [5.41, 5.74) is 0. The summed E-state index contributed by atoms with van der Waals surface area (Å²) in [7, 11) is 3.45. The Bertz CT molecular complexity index is 421. The Morgan fingerprint density at radius 2 is 2.44 bits per heavy atom. The lowest BCUT2D eigenvalue weighted by Crippen LogP contribution is -2.41. The Kier molecular flexibility index (Phi) is 4.42. The minimum atomic E-state index is -0.154. The number of amides is 1. The van der Waals surface area contributed by atoms with Crippen LogP contribution in [0.25, 0.3) is 0 Å². The van der Waals surface area contributed by atoms with Crippen molar-refractivity contribution in [1.82, 2.24) is 10.2 Å². The van der Waals surface area contributed by atoms with Crippen molar-refractivity contribution in [1.29, 1.82) is 0 Å². The number of rotatable bonds is 4. The molecule has 1 amide bonds. The van der Waals surface area contributed by atoms with E-state index in [9.17, 15) is 4.79 Å². The molecule has 100 valence electrons. The highest BCUT2D eigenvalue weighted by molar-refractivity contribution is 9.10.